The van der Waals surface area contributed by atoms with Crippen molar-refractivity contribution in [1.82, 2.24) is 10.2 Å². The fraction of sp³-hybridized carbons (Fsp3) is 1.00. The molecule has 2 heterocycles. The molecule has 0 spiro atoms. The lowest BCUT2D eigenvalue weighted by Gasteiger charge is -2.43. The molecule has 1 N–H and O–H groups in total. The molecule has 100 valence electrons. The van der Waals surface area contributed by atoms with Crippen LogP contribution in [-0.2, 0) is 0 Å². The molecule has 2 bridgehead atoms. The molecule has 2 aliphatic rings. The monoisotopic (exact) mass is 238 g/mol. The van der Waals surface area contributed by atoms with Gasteiger partial charge in [-0.3, -0.25) is 4.90 Å². The molecule has 2 fully saturated rings. The Balaban J connectivity index is 1.97. The minimum absolute atomic E-state index is 0.799. The van der Waals surface area contributed by atoms with E-state index >= 15 is 0 Å². The van der Waals surface area contributed by atoms with Gasteiger partial charge in [-0.2, -0.15) is 0 Å². The van der Waals surface area contributed by atoms with Crippen LogP contribution in [0.3, 0.4) is 0 Å². The van der Waals surface area contributed by atoms with Gasteiger partial charge in [0.05, 0.1) is 0 Å². The molecule has 0 aliphatic carbocycles. The molecule has 2 saturated heterocycles. The van der Waals surface area contributed by atoms with Crippen LogP contribution in [0, 0.1) is 0 Å². The highest BCUT2D eigenvalue weighted by atomic mass is 15.3. The first-order valence-corrected chi connectivity index (χ1v) is 7.80. The minimum Gasteiger partial charge on any atom is -0.314 e. The molecular formula is C15H30N2. The third kappa shape index (κ3) is 2.85. The van der Waals surface area contributed by atoms with E-state index in [4.69, 9.17) is 0 Å². The van der Waals surface area contributed by atoms with Crippen molar-refractivity contribution in [1.29, 1.82) is 0 Å². The van der Waals surface area contributed by atoms with E-state index in [1.807, 2.05) is 0 Å². The predicted octanol–water partition coefficient (Wildman–Crippen LogP) is 3.17. The molecule has 0 amide bonds. The fourth-order valence-electron chi connectivity index (χ4n) is 4.16. The Bertz CT molecular complexity index is 215. The van der Waals surface area contributed by atoms with Crippen molar-refractivity contribution in [2.45, 2.75) is 89.9 Å². The number of nitrogens with one attached hydrogen (secondary N) is 1. The van der Waals surface area contributed by atoms with E-state index in [2.05, 4.69) is 31.0 Å². The molecule has 2 nitrogen and oxygen atoms in total. The first kappa shape index (κ1) is 13.4. The third-order valence-electron chi connectivity index (χ3n) is 4.80. The van der Waals surface area contributed by atoms with E-state index in [1.165, 1.54) is 44.9 Å². The second kappa shape index (κ2) is 6.19. The van der Waals surface area contributed by atoms with Crippen LogP contribution in [0.4, 0.5) is 0 Å². The van der Waals surface area contributed by atoms with Gasteiger partial charge in [-0.15, -0.1) is 0 Å². The Hall–Kier alpha value is -0.0800. The summed E-state index contributed by atoms with van der Waals surface area (Å²) in [4.78, 5) is 2.90. The average molecular weight is 238 g/mol. The molecule has 17 heavy (non-hydrogen) atoms. The van der Waals surface area contributed by atoms with Gasteiger partial charge in [-0.05, 0) is 45.1 Å². The van der Waals surface area contributed by atoms with Crippen LogP contribution in [-0.4, -0.2) is 35.6 Å². The predicted molar refractivity (Wildman–Crippen MR) is 74.3 cm³/mol. The zero-order valence-corrected chi connectivity index (χ0v) is 11.9. The molecule has 0 aromatic heterocycles. The number of hydrogen-bond acceptors (Lipinski definition) is 2. The third-order valence-corrected chi connectivity index (χ3v) is 4.80. The molecule has 2 aliphatic heterocycles. The summed E-state index contributed by atoms with van der Waals surface area (Å²) in [7, 11) is 0. The van der Waals surface area contributed by atoms with Gasteiger partial charge >= 0.3 is 0 Å². The van der Waals surface area contributed by atoms with E-state index in [-0.39, 0.29) is 0 Å². The number of hydrogen-bond donors (Lipinski definition) is 1. The van der Waals surface area contributed by atoms with E-state index in [1.54, 1.807) is 0 Å². The Kier molecular flexibility index (Phi) is 4.87. The maximum atomic E-state index is 3.67. The zero-order chi connectivity index (χ0) is 12.3. The lowest BCUT2D eigenvalue weighted by atomic mass is 9.93. The molecule has 0 aromatic carbocycles. The largest absolute Gasteiger partial charge is 0.314 e. The maximum absolute atomic E-state index is 3.67. The Morgan fingerprint density at radius 3 is 2.24 bits per heavy atom. The van der Waals surface area contributed by atoms with Crippen molar-refractivity contribution in [3.63, 3.8) is 0 Å². The summed E-state index contributed by atoms with van der Waals surface area (Å²) < 4.78 is 0. The Morgan fingerprint density at radius 1 is 1.12 bits per heavy atom. The number of rotatable bonds is 6. The smallest absolute Gasteiger partial charge is 0.0116 e. The van der Waals surface area contributed by atoms with Gasteiger partial charge in [0.1, 0.15) is 0 Å². The molecule has 2 heteroatoms. The lowest BCUT2D eigenvalue weighted by molar-refractivity contribution is 0.0633. The van der Waals surface area contributed by atoms with Crippen molar-refractivity contribution in [3.8, 4) is 0 Å². The van der Waals surface area contributed by atoms with Crippen molar-refractivity contribution in [3.05, 3.63) is 0 Å². The molecule has 0 radical (unpaired) electrons. The summed E-state index contributed by atoms with van der Waals surface area (Å²) in [5.41, 5.74) is 0. The molecule has 2 rings (SSSR count). The zero-order valence-electron chi connectivity index (χ0n) is 11.9. The van der Waals surface area contributed by atoms with Crippen molar-refractivity contribution in [2.24, 2.45) is 0 Å². The highest BCUT2D eigenvalue weighted by molar-refractivity contribution is 4.99. The summed E-state index contributed by atoms with van der Waals surface area (Å²) >= 11 is 0. The average Bonchev–Trinajstić information content (AvgIpc) is 2.59. The second-order valence-corrected chi connectivity index (χ2v) is 5.91. The second-order valence-electron chi connectivity index (χ2n) is 5.91. The van der Waals surface area contributed by atoms with Crippen LogP contribution in [0.2, 0.25) is 0 Å². The maximum Gasteiger partial charge on any atom is 0.0116 e. The van der Waals surface area contributed by atoms with Gasteiger partial charge in [-0.1, -0.05) is 27.2 Å². The highest BCUT2D eigenvalue weighted by Crippen LogP contribution is 2.38. The fourth-order valence-corrected chi connectivity index (χ4v) is 4.16. The van der Waals surface area contributed by atoms with Gasteiger partial charge in [0.2, 0.25) is 0 Å². The summed E-state index contributed by atoms with van der Waals surface area (Å²) in [6.07, 6.45) is 9.77. The van der Waals surface area contributed by atoms with Crippen molar-refractivity contribution >= 4 is 0 Å². The Morgan fingerprint density at radius 2 is 1.76 bits per heavy atom. The van der Waals surface area contributed by atoms with Gasteiger partial charge in [0.25, 0.3) is 0 Å². The van der Waals surface area contributed by atoms with Crippen LogP contribution in [0.5, 0.6) is 0 Å². The topological polar surface area (TPSA) is 15.3 Å². The summed E-state index contributed by atoms with van der Waals surface area (Å²) in [6, 6.07) is 3.43. The van der Waals surface area contributed by atoms with Gasteiger partial charge in [-0.25, -0.2) is 0 Å². The number of fused-ring (bicyclic) bond motifs is 2. The lowest BCUT2D eigenvalue weighted by Crippen LogP contribution is -2.52. The van der Waals surface area contributed by atoms with E-state index < -0.39 is 0 Å². The summed E-state index contributed by atoms with van der Waals surface area (Å²) in [5, 5.41) is 3.67. The molecule has 3 unspecified atom stereocenters. The molecular weight excluding hydrogens is 208 g/mol. The molecule has 3 atom stereocenters. The van der Waals surface area contributed by atoms with E-state index in [0.717, 1.165) is 30.7 Å². The number of nitrogens with zero attached hydrogens (tertiary/aromatic N) is 1. The summed E-state index contributed by atoms with van der Waals surface area (Å²) in [5.74, 6) is 0. The van der Waals surface area contributed by atoms with Crippen molar-refractivity contribution < 1.29 is 0 Å². The van der Waals surface area contributed by atoms with E-state index in [0.29, 0.717) is 0 Å². The first-order valence-electron chi connectivity index (χ1n) is 7.80. The SMILES string of the molecule is CCCC(CC)N1C2CCC1CC(NCC)C2. The van der Waals surface area contributed by atoms with Gasteiger partial charge in [0.15, 0.2) is 0 Å². The van der Waals surface area contributed by atoms with E-state index in [9.17, 15) is 0 Å². The number of piperidine rings is 1. The van der Waals surface area contributed by atoms with Crippen molar-refractivity contribution in [2.75, 3.05) is 6.54 Å². The quantitative estimate of drug-likeness (QED) is 0.764. The summed E-state index contributed by atoms with van der Waals surface area (Å²) in [6.45, 7) is 8.07. The normalized spacial score (nSPS) is 35.1. The molecule has 0 aromatic rings. The van der Waals surface area contributed by atoms with Gasteiger partial charge < -0.3 is 5.32 Å². The first-order chi connectivity index (χ1) is 8.30. The van der Waals surface area contributed by atoms with Gasteiger partial charge in [0, 0.05) is 24.2 Å². The van der Waals surface area contributed by atoms with Crippen LogP contribution in [0.1, 0.15) is 65.7 Å². The van der Waals surface area contributed by atoms with Crippen LogP contribution >= 0.6 is 0 Å². The van der Waals surface area contributed by atoms with Crippen LogP contribution < -0.4 is 5.32 Å². The highest BCUT2D eigenvalue weighted by Gasteiger charge is 2.42. The minimum atomic E-state index is 0.799. The Labute approximate surface area is 107 Å². The standard InChI is InChI=1S/C15H30N2/c1-4-7-13(5-2)17-14-8-9-15(17)11-12(10-14)16-6-3/h12-16H,4-11H2,1-3H3. The van der Waals surface area contributed by atoms with Crippen LogP contribution in [0.15, 0.2) is 0 Å². The molecule has 0 saturated carbocycles. The van der Waals surface area contributed by atoms with Crippen LogP contribution in [0.25, 0.3) is 0 Å².